The first-order chi connectivity index (χ1) is 17.3. The predicted molar refractivity (Wildman–Crippen MR) is 139 cm³/mol. The molecule has 1 aliphatic rings. The molecule has 2 amide bonds. The molecule has 2 N–H and O–H groups in total. The number of amides is 2. The van der Waals surface area contributed by atoms with Crippen molar-refractivity contribution >= 4 is 17.6 Å². The highest BCUT2D eigenvalue weighted by Crippen LogP contribution is 2.33. The molecule has 1 aliphatic heterocycles. The number of benzene rings is 2. The number of nitrogens with zero attached hydrogens (tertiary/aromatic N) is 2. The van der Waals surface area contributed by atoms with E-state index in [4.69, 9.17) is 0 Å². The molecule has 8 nitrogen and oxygen atoms in total. The lowest BCUT2D eigenvalue weighted by Crippen LogP contribution is -2.41. The second-order valence-electron chi connectivity index (χ2n) is 9.50. The van der Waals surface area contributed by atoms with Crippen LogP contribution in [0.1, 0.15) is 55.7 Å². The molecule has 4 rings (SSSR count). The van der Waals surface area contributed by atoms with Gasteiger partial charge in [0.1, 0.15) is 5.82 Å². The van der Waals surface area contributed by atoms with Crippen molar-refractivity contribution < 1.29 is 9.59 Å². The van der Waals surface area contributed by atoms with Gasteiger partial charge in [0, 0.05) is 32.0 Å². The first kappa shape index (κ1) is 25.2. The zero-order valence-electron chi connectivity index (χ0n) is 20.9. The summed E-state index contributed by atoms with van der Waals surface area (Å²) in [6, 6.07) is 19.9. The van der Waals surface area contributed by atoms with Crippen LogP contribution in [0, 0.1) is 0 Å². The summed E-state index contributed by atoms with van der Waals surface area (Å²) in [5.41, 5.74) is 0.771. The molecule has 36 heavy (non-hydrogen) atoms. The van der Waals surface area contributed by atoms with Crippen LogP contribution in [0.25, 0.3) is 0 Å². The summed E-state index contributed by atoms with van der Waals surface area (Å²) in [5.74, 6) is -1.51. The van der Waals surface area contributed by atoms with E-state index in [1.165, 1.54) is 11.6 Å². The summed E-state index contributed by atoms with van der Waals surface area (Å²) < 4.78 is 2.44. The first-order valence-electron chi connectivity index (χ1n) is 12.3. The molecular weight excluding hydrogens is 456 g/mol. The Balaban J connectivity index is 1.59. The minimum absolute atomic E-state index is 0.181. The third-order valence-electron chi connectivity index (χ3n) is 7.07. The summed E-state index contributed by atoms with van der Waals surface area (Å²) in [4.78, 5) is 51.6. The predicted octanol–water partition coefficient (Wildman–Crippen LogP) is 2.90. The molecule has 188 valence electrons. The normalized spacial score (nSPS) is 14.9. The number of nitrogens with one attached hydrogen (secondary N) is 2. The number of hydrogen-bond donors (Lipinski definition) is 2. The Labute approximate surface area is 210 Å². The van der Waals surface area contributed by atoms with Crippen molar-refractivity contribution in [2.24, 2.45) is 7.05 Å². The first-order valence-corrected chi connectivity index (χ1v) is 12.3. The van der Waals surface area contributed by atoms with Crippen molar-refractivity contribution in [3.05, 3.63) is 98.2 Å². The number of fused-ring (bicyclic) bond motifs is 1. The summed E-state index contributed by atoms with van der Waals surface area (Å²) in [5, 5.41) is 5.69. The van der Waals surface area contributed by atoms with Crippen LogP contribution in [0.2, 0.25) is 0 Å². The van der Waals surface area contributed by atoms with E-state index in [-0.39, 0.29) is 23.7 Å². The lowest BCUT2D eigenvalue weighted by atomic mass is 9.76. The van der Waals surface area contributed by atoms with Crippen LogP contribution in [0.3, 0.4) is 0 Å². The number of rotatable bonds is 9. The number of carbonyl (C=O) groups is 2. The Hall–Kier alpha value is -3.94. The smallest absolute Gasteiger partial charge is 0.332 e. The van der Waals surface area contributed by atoms with E-state index in [1.807, 2.05) is 67.6 Å². The number of anilines is 1. The molecule has 0 saturated carbocycles. The number of aromatic nitrogens is 2. The van der Waals surface area contributed by atoms with Gasteiger partial charge in [0.25, 0.3) is 5.56 Å². The van der Waals surface area contributed by atoms with Crippen LogP contribution in [0.4, 0.5) is 5.82 Å². The average molecular weight is 489 g/mol. The lowest BCUT2D eigenvalue weighted by Gasteiger charge is -2.31. The Kier molecular flexibility index (Phi) is 7.24. The standard InChI is InChI=1S/C28H32N4O4/c1-4-5-16-32-24-23(26(35)31(3)27(32)36)21(25(34)30-24)17-22(33)29-18-28(2,19-12-8-6-9-13-19)20-14-10-7-11-15-20/h6-15,21H,4-5,16-18H2,1-3H3,(H,29,33)(H,30,34)/t21-/m0/s1. The number of hydrogen-bond acceptors (Lipinski definition) is 4. The molecule has 1 atom stereocenters. The summed E-state index contributed by atoms with van der Waals surface area (Å²) >= 11 is 0. The Bertz CT molecular complexity index is 1340. The minimum Gasteiger partial charge on any atom is -0.355 e. The molecule has 0 saturated heterocycles. The van der Waals surface area contributed by atoms with E-state index in [9.17, 15) is 19.2 Å². The van der Waals surface area contributed by atoms with Crippen molar-refractivity contribution in [3.63, 3.8) is 0 Å². The molecule has 2 aromatic carbocycles. The van der Waals surface area contributed by atoms with Crippen LogP contribution >= 0.6 is 0 Å². The van der Waals surface area contributed by atoms with E-state index in [0.29, 0.717) is 13.1 Å². The van der Waals surface area contributed by atoms with Crippen LogP contribution in [-0.4, -0.2) is 27.5 Å². The SMILES string of the molecule is CCCCn1c2c(c(=O)n(C)c1=O)[C@H](CC(=O)NCC(C)(c1ccccc1)c1ccccc1)C(=O)N2. The van der Waals surface area contributed by atoms with Crippen molar-refractivity contribution in [1.29, 1.82) is 0 Å². The van der Waals surface area contributed by atoms with Crippen molar-refractivity contribution in [3.8, 4) is 0 Å². The molecule has 0 radical (unpaired) electrons. The molecular formula is C28H32N4O4. The van der Waals surface area contributed by atoms with E-state index >= 15 is 0 Å². The van der Waals surface area contributed by atoms with Gasteiger partial charge in [-0.15, -0.1) is 0 Å². The fourth-order valence-corrected chi connectivity index (χ4v) is 4.81. The van der Waals surface area contributed by atoms with Crippen LogP contribution in [0.5, 0.6) is 0 Å². The van der Waals surface area contributed by atoms with Gasteiger partial charge < -0.3 is 10.6 Å². The van der Waals surface area contributed by atoms with E-state index in [2.05, 4.69) is 17.6 Å². The van der Waals surface area contributed by atoms with E-state index < -0.39 is 28.5 Å². The third-order valence-corrected chi connectivity index (χ3v) is 7.07. The van der Waals surface area contributed by atoms with Crippen LogP contribution in [0.15, 0.2) is 70.3 Å². The van der Waals surface area contributed by atoms with Gasteiger partial charge in [0.05, 0.1) is 11.5 Å². The maximum atomic E-state index is 13.1. The Morgan fingerprint density at radius 1 is 1.00 bits per heavy atom. The number of unbranched alkanes of at least 4 members (excludes halogenated alkanes) is 1. The van der Waals surface area contributed by atoms with Crippen molar-refractivity contribution in [2.75, 3.05) is 11.9 Å². The van der Waals surface area contributed by atoms with E-state index in [1.54, 1.807) is 0 Å². The minimum atomic E-state index is -0.952. The molecule has 1 aromatic heterocycles. The van der Waals surface area contributed by atoms with Gasteiger partial charge in [-0.2, -0.15) is 0 Å². The van der Waals surface area contributed by atoms with Gasteiger partial charge in [-0.05, 0) is 24.5 Å². The molecule has 0 spiro atoms. The fraction of sp³-hybridized carbons (Fsp3) is 0.357. The number of carbonyl (C=O) groups excluding carboxylic acids is 2. The summed E-state index contributed by atoms with van der Waals surface area (Å²) in [7, 11) is 1.40. The Morgan fingerprint density at radius 3 is 2.14 bits per heavy atom. The molecule has 0 bridgehead atoms. The average Bonchev–Trinajstić information content (AvgIpc) is 3.22. The van der Waals surface area contributed by atoms with Crippen molar-refractivity contribution in [2.45, 2.75) is 51.0 Å². The molecule has 0 fully saturated rings. The summed E-state index contributed by atoms with van der Waals surface area (Å²) in [6.45, 7) is 4.77. The fourth-order valence-electron chi connectivity index (χ4n) is 4.81. The largest absolute Gasteiger partial charge is 0.355 e. The van der Waals surface area contributed by atoms with Gasteiger partial charge in [0.15, 0.2) is 0 Å². The highest BCUT2D eigenvalue weighted by Gasteiger charge is 2.38. The maximum Gasteiger partial charge on any atom is 0.332 e. The molecule has 8 heteroatoms. The van der Waals surface area contributed by atoms with Crippen molar-refractivity contribution in [1.82, 2.24) is 14.5 Å². The monoisotopic (exact) mass is 488 g/mol. The van der Waals surface area contributed by atoms with Gasteiger partial charge in [-0.3, -0.25) is 23.5 Å². The highest BCUT2D eigenvalue weighted by molar-refractivity contribution is 6.04. The van der Waals surface area contributed by atoms with Crippen LogP contribution < -0.4 is 21.9 Å². The van der Waals surface area contributed by atoms with Gasteiger partial charge in [-0.25, -0.2) is 4.79 Å². The molecule has 0 unspecified atom stereocenters. The zero-order valence-corrected chi connectivity index (χ0v) is 20.9. The second kappa shape index (κ2) is 10.4. The maximum absolute atomic E-state index is 13.1. The third kappa shape index (κ3) is 4.63. The molecule has 0 aliphatic carbocycles. The Morgan fingerprint density at radius 2 is 1.58 bits per heavy atom. The quantitative estimate of drug-likeness (QED) is 0.484. The van der Waals surface area contributed by atoms with Gasteiger partial charge in [-0.1, -0.05) is 74.0 Å². The summed E-state index contributed by atoms with van der Waals surface area (Å²) in [6.07, 6.45) is 1.40. The second-order valence-corrected chi connectivity index (χ2v) is 9.50. The van der Waals surface area contributed by atoms with E-state index in [0.717, 1.165) is 28.5 Å². The lowest BCUT2D eigenvalue weighted by molar-refractivity contribution is -0.125. The van der Waals surface area contributed by atoms with Gasteiger partial charge in [0.2, 0.25) is 11.8 Å². The topological polar surface area (TPSA) is 102 Å². The molecule has 2 heterocycles. The molecule has 3 aromatic rings. The van der Waals surface area contributed by atoms with Crippen LogP contribution in [-0.2, 0) is 28.6 Å². The van der Waals surface area contributed by atoms with Gasteiger partial charge >= 0.3 is 5.69 Å². The highest BCUT2D eigenvalue weighted by atomic mass is 16.2. The zero-order chi connectivity index (χ0) is 25.9.